The van der Waals surface area contributed by atoms with E-state index in [1.54, 1.807) is 12.1 Å². The predicted octanol–water partition coefficient (Wildman–Crippen LogP) is 7.27. The van der Waals surface area contributed by atoms with Crippen LogP contribution in [0, 0.1) is 0 Å². The molecular formula is C22H30O2S2. The Morgan fingerprint density at radius 1 is 0.692 bits per heavy atom. The molecule has 2 nitrogen and oxygen atoms in total. The Morgan fingerprint density at radius 3 is 1.35 bits per heavy atom. The maximum atomic E-state index is 10.2. The molecule has 0 spiro atoms. The highest BCUT2D eigenvalue weighted by atomic mass is 33.1. The monoisotopic (exact) mass is 390 g/mol. The first-order valence-corrected chi connectivity index (χ1v) is 11.3. The van der Waals surface area contributed by atoms with E-state index in [2.05, 4.69) is 53.7 Å². The van der Waals surface area contributed by atoms with Gasteiger partial charge in [0, 0.05) is 0 Å². The van der Waals surface area contributed by atoms with Crippen LogP contribution < -0.4 is 0 Å². The molecule has 4 heteroatoms. The van der Waals surface area contributed by atoms with Gasteiger partial charge in [-0.15, -0.1) is 0 Å². The molecule has 0 atom stereocenters. The average Bonchev–Trinajstić information content (AvgIpc) is 2.61. The first kappa shape index (κ1) is 21.0. The van der Waals surface area contributed by atoms with Gasteiger partial charge in [-0.1, -0.05) is 53.7 Å². The lowest BCUT2D eigenvalue weighted by molar-refractivity contribution is 0.457. The van der Waals surface area contributed by atoms with Crippen molar-refractivity contribution < 1.29 is 10.2 Å². The third-order valence-electron chi connectivity index (χ3n) is 5.47. The van der Waals surface area contributed by atoms with Gasteiger partial charge in [0.15, 0.2) is 0 Å². The second kappa shape index (κ2) is 8.18. The van der Waals surface area contributed by atoms with E-state index >= 15 is 0 Å². The number of hydrogen-bond acceptors (Lipinski definition) is 4. The molecule has 0 aliphatic rings. The normalized spacial score (nSPS) is 12.4. The molecular weight excluding hydrogens is 360 g/mol. The molecule has 0 heterocycles. The lowest BCUT2D eigenvalue weighted by atomic mass is 9.82. The quantitative estimate of drug-likeness (QED) is 0.488. The van der Waals surface area contributed by atoms with Crippen LogP contribution in [0.4, 0.5) is 0 Å². The first-order valence-electron chi connectivity index (χ1n) is 9.12. The molecule has 2 aromatic carbocycles. The Balaban J connectivity index is 2.26. The minimum Gasteiger partial charge on any atom is -0.507 e. The minimum absolute atomic E-state index is 0.0703. The van der Waals surface area contributed by atoms with Gasteiger partial charge in [-0.2, -0.15) is 0 Å². The van der Waals surface area contributed by atoms with E-state index in [1.165, 1.54) is 32.7 Å². The molecule has 0 amide bonds. The van der Waals surface area contributed by atoms with Gasteiger partial charge in [0.05, 0.1) is 9.79 Å². The summed E-state index contributed by atoms with van der Waals surface area (Å²) in [5.41, 5.74) is 2.57. The Kier molecular flexibility index (Phi) is 6.62. The summed E-state index contributed by atoms with van der Waals surface area (Å²) in [6.45, 7) is 13.2. The molecule has 0 unspecified atom stereocenters. The summed E-state index contributed by atoms with van der Waals surface area (Å²) in [4.78, 5) is 1.65. The lowest BCUT2D eigenvalue weighted by Crippen LogP contribution is -2.15. The second-order valence-corrected chi connectivity index (χ2v) is 10.2. The number of benzene rings is 2. The van der Waals surface area contributed by atoms with Gasteiger partial charge in [-0.25, -0.2) is 0 Å². The van der Waals surface area contributed by atoms with Crippen molar-refractivity contribution in [3.05, 3.63) is 47.5 Å². The zero-order valence-electron chi connectivity index (χ0n) is 16.6. The van der Waals surface area contributed by atoms with E-state index in [0.29, 0.717) is 0 Å². The van der Waals surface area contributed by atoms with Crippen LogP contribution in [-0.4, -0.2) is 10.2 Å². The first-order chi connectivity index (χ1) is 12.1. The van der Waals surface area contributed by atoms with Crippen LogP contribution in [0.15, 0.2) is 46.2 Å². The van der Waals surface area contributed by atoms with Crippen LogP contribution in [0.2, 0.25) is 0 Å². The standard InChI is InChI=1S/C22H30O2S2/c1-7-21(3,4)15-9-11-17(23)19(13-15)25-26-20-14-16(10-12-18(20)24)22(5,6)8-2/h9-14,23-24H,7-8H2,1-6H3. The molecule has 0 fully saturated rings. The van der Waals surface area contributed by atoms with Gasteiger partial charge in [0.2, 0.25) is 0 Å². The van der Waals surface area contributed by atoms with Crippen LogP contribution in [-0.2, 0) is 10.8 Å². The van der Waals surface area contributed by atoms with Crippen molar-refractivity contribution in [2.24, 2.45) is 0 Å². The fraction of sp³-hybridized carbons (Fsp3) is 0.455. The summed E-state index contributed by atoms with van der Waals surface area (Å²) in [5, 5.41) is 20.5. The topological polar surface area (TPSA) is 40.5 Å². The smallest absolute Gasteiger partial charge is 0.130 e. The largest absolute Gasteiger partial charge is 0.507 e. The van der Waals surface area contributed by atoms with Crippen LogP contribution in [0.25, 0.3) is 0 Å². The zero-order valence-corrected chi connectivity index (χ0v) is 18.2. The van der Waals surface area contributed by atoms with E-state index in [-0.39, 0.29) is 22.3 Å². The fourth-order valence-corrected chi connectivity index (χ4v) is 4.68. The van der Waals surface area contributed by atoms with Crippen LogP contribution in [0.1, 0.15) is 65.5 Å². The predicted molar refractivity (Wildman–Crippen MR) is 115 cm³/mol. The van der Waals surface area contributed by atoms with Crippen molar-refractivity contribution in [1.29, 1.82) is 0 Å². The Morgan fingerprint density at radius 2 is 1.04 bits per heavy atom. The molecule has 2 rings (SSSR count). The molecule has 2 N–H and O–H groups in total. The summed E-state index contributed by atoms with van der Waals surface area (Å²) in [5.74, 6) is 0.561. The highest BCUT2D eigenvalue weighted by Crippen LogP contribution is 2.46. The zero-order chi connectivity index (χ0) is 19.5. The van der Waals surface area contributed by atoms with Crippen LogP contribution in [0.3, 0.4) is 0 Å². The Hall–Kier alpha value is -1.26. The summed E-state index contributed by atoms with van der Waals surface area (Å²) in [6.07, 6.45) is 2.06. The number of phenolic OH excluding ortho intramolecular Hbond substituents is 2. The lowest BCUT2D eigenvalue weighted by Gasteiger charge is -2.24. The van der Waals surface area contributed by atoms with E-state index in [1.807, 2.05) is 12.1 Å². The molecule has 0 radical (unpaired) electrons. The van der Waals surface area contributed by atoms with Gasteiger partial charge in [-0.05, 0) is 80.7 Å². The highest BCUT2D eigenvalue weighted by Gasteiger charge is 2.21. The number of phenols is 2. The van der Waals surface area contributed by atoms with Crippen molar-refractivity contribution in [3.8, 4) is 11.5 Å². The molecule has 142 valence electrons. The molecule has 0 saturated carbocycles. The Labute approximate surface area is 165 Å². The number of rotatable bonds is 7. The fourth-order valence-electron chi connectivity index (χ4n) is 2.50. The molecule has 0 aliphatic carbocycles. The average molecular weight is 391 g/mol. The molecule has 0 bridgehead atoms. The van der Waals surface area contributed by atoms with Gasteiger partial charge in [0.1, 0.15) is 11.5 Å². The van der Waals surface area contributed by atoms with Gasteiger partial charge < -0.3 is 10.2 Å². The van der Waals surface area contributed by atoms with Crippen LogP contribution >= 0.6 is 21.6 Å². The van der Waals surface area contributed by atoms with E-state index in [9.17, 15) is 10.2 Å². The van der Waals surface area contributed by atoms with Crippen molar-refractivity contribution in [3.63, 3.8) is 0 Å². The summed E-state index contributed by atoms with van der Waals surface area (Å²) >= 11 is 0. The third kappa shape index (κ3) is 4.72. The molecule has 0 aliphatic heterocycles. The van der Waals surface area contributed by atoms with E-state index < -0.39 is 0 Å². The van der Waals surface area contributed by atoms with E-state index in [4.69, 9.17) is 0 Å². The molecule has 26 heavy (non-hydrogen) atoms. The van der Waals surface area contributed by atoms with E-state index in [0.717, 1.165) is 22.6 Å². The van der Waals surface area contributed by atoms with Crippen LogP contribution in [0.5, 0.6) is 11.5 Å². The maximum absolute atomic E-state index is 10.2. The number of aromatic hydroxyl groups is 2. The molecule has 2 aromatic rings. The summed E-state index contributed by atoms with van der Waals surface area (Å²) < 4.78 is 0. The van der Waals surface area contributed by atoms with Gasteiger partial charge >= 0.3 is 0 Å². The SMILES string of the molecule is CCC(C)(C)c1ccc(O)c(SSc2cc(C(C)(C)CC)ccc2O)c1. The summed E-state index contributed by atoms with van der Waals surface area (Å²) in [6, 6.07) is 11.7. The van der Waals surface area contributed by atoms with Gasteiger partial charge in [-0.3, -0.25) is 0 Å². The van der Waals surface area contributed by atoms with Gasteiger partial charge in [0.25, 0.3) is 0 Å². The second-order valence-electron chi connectivity index (χ2n) is 8.01. The van der Waals surface area contributed by atoms with Crippen molar-refractivity contribution in [2.45, 2.75) is 75.0 Å². The minimum atomic E-state index is 0.0703. The molecule has 0 saturated heterocycles. The third-order valence-corrected chi connectivity index (χ3v) is 7.90. The number of hydrogen-bond donors (Lipinski definition) is 2. The Bertz CT molecular complexity index is 701. The van der Waals surface area contributed by atoms with Crippen molar-refractivity contribution >= 4 is 21.6 Å². The van der Waals surface area contributed by atoms with Crippen molar-refractivity contribution in [1.82, 2.24) is 0 Å². The maximum Gasteiger partial charge on any atom is 0.130 e. The highest BCUT2D eigenvalue weighted by molar-refractivity contribution is 8.76. The molecule has 0 aromatic heterocycles. The summed E-state index contributed by atoms with van der Waals surface area (Å²) in [7, 11) is 2.98. The van der Waals surface area contributed by atoms with Crippen molar-refractivity contribution in [2.75, 3.05) is 0 Å².